The standard InChI is InChI=1S/C25H37N3O7S/c1-17(2)33-14-13-27-18-9-12-26-15-34-21(30)24(3,4)10-7-8-11-25(5,6)22(31)35-16-28(23(27)36-32)20(29)19(18)26/h9,12,17H,7-8,10-11,13-16H2,1-6H3. The Hall–Kier alpha value is -2.66. The maximum absolute atomic E-state index is 13.6. The third-order valence-corrected chi connectivity index (χ3v) is 7.19. The fraction of sp³-hybridized carbons (Fsp3) is 0.680. The highest BCUT2D eigenvalue weighted by Gasteiger charge is 2.32. The molecule has 0 saturated carbocycles. The molecule has 3 rings (SSSR count). The molecule has 2 aromatic heterocycles. The lowest BCUT2D eigenvalue weighted by atomic mass is 9.83. The van der Waals surface area contributed by atoms with Gasteiger partial charge in [0.2, 0.25) is 4.77 Å². The van der Waals surface area contributed by atoms with Gasteiger partial charge in [-0.15, -0.1) is 0 Å². The third kappa shape index (κ3) is 6.00. The molecule has 1 aliphatic heterocycles. The zero-order chi connectivity index (χ0) is 26.7. The van der Waals surface area contributed by atoms with Crippen molar-refractivity contribution in [3.63, 3.8) is 0 Å². The normalized spacial score (nSPS) is 18.9. The summed E-state index contributed by atoms with van der Waals surface area (Å²) < 4.78 is 33.6. The first-order valence-electron chi connectivity index (χ1n) is 12.3. The van der Waals surface area contributed by atoms with E-state index in [9.17, 15) is 18.6 Å². The average Bonchev–Trinajstić information content (AvgIpc) is 3.23. The molecule has 0 amide bonds. The molecule has 2 aromatic rings. The summed E-state index contributed by atoms with van der Waals surface area (Å²) in [5.74, 6) is -0.812. The van der Waals surface area contributed by atoms with Gasteiger partial charge >= 0.3 is 11.9 Å². The van der Waals surface area contributed by atoms with Gasteiger partial charge in [0.25, 0.3) is 5.56 Å². The van der Waals surface area contributed by atoms with Crippen LogP contribution in [0.4, 0.5) is 0 Å². The monoisotopic (exact) mass is 523 g/mol. The molecule has 0 aliphatic carbocycles. The molecule has 11 heteroatoms. The second-order valence-electron chi connectivity index (χ2n) is 10.8. The molecule has 3 heterocycles. The van der Waals surface area contributed by atoms with Gasteiger partial charge in [-0.05, 0) is 60.5 Å². The van der Waals surface area contributed by atoms with Crippen LogP contribution in [0.15, 0.2) is 17.1 Å². The Balaban J connectivity index is 2.16. The van der Waals surface area contributed by atoms with E-state index >= 15 is 0 Å². The number of fused-ring (bicyclic) bond motifs is 1. The first kappa shape index (κ1) is 27.9. The molecular formula is C25H37N3O7S. The summed E-state index contributed by atoms with van der Waals surface area (Å²) in [7, 11) is 0. The lowest BCUT2D eigenvalue weighted by Gasteiger charge is -2.26. The van der Waals surface area contributed by atoms with E-state index in [1.54, 1.807) is 35.2 Å². The van der Waals surface area contributed by atoms with Crippen molar-refractivity contribution in [3.8, 4) is 0 Å². The number of hydrogen-bond donors (Lipinski definition) is 0. The van der Waals surface area contributed by atoms with E-state index in [4.69, 9.17) is 14.2 Å². The molecule has 0 N–H and O–H groups in total. The van der Waals surface area contributed by atoms with Gasteiger partial charge in [-0.3, -0.25) is 14.4 Å². The van der Waals surface area contributed by atoms with E-state index in [1.165, 1.54) is 0 Å². The van der Waals surface area contributed by atoms with Crippen LogP contribution in [0.25, 0.3) is 11.0 Å². The number of aromatic nitrogens is 3. The van der Waals surface area contributed by atoms with Crippen molar-refractivity contribution in [3.05, 3.63) is 27.4 Å². The Morgan fingerprint density at radius 3 is 2.14 bits per heavy atom. The van der Waals surface area contributed by atoms with Gasteiger partial charge in [0.1, 0.15) is 16.8 Å². The van der Waals surface area contributed by atoms with Crippen LogP contribution in [0, 0.1) is 15.6 Å². The fourth-order valence-electron chi connectivity index (χ4n) is 4.26. The molecular weight excluding hydrogens is 486 g/mol. The van der Waals surface area contributed by atoms with E-state index in [1.807, 2.05) is 27.7 Å². The molecule has 0 atom stereocenters. The van der Waals surface area contributed by atoms with Gasteiger partial charge in [-0.2, -0.15) is 0 Å². The second-order valence-corrected chi connectivity index (χ2v) is 11.3. The summed E-state index contributed by atoms with van der Waals surface area (Å²) in [6.07, 6.45) is 4.28. The van der Waals surface area contributed by atoms with Crippen LogP contribution >= 0.6 is 0 Å². The molecule has 36 heavy (non-hydrogen) atoms. The van der Waals surface area contributed by atoms with Crippen LogP contribution < -0.4 is 5.56 Å². The first-order valence-corrected chi connectivity index (χ1v) is 13.0. The zero-order valence-corrected chi connectivity index (χ0v) is 22.8. The maximum Gasteiger partial charge on any atom is 0.313 e. The smallest absolute Gasteiger partial charge is 0.313 e. The number of cyclic esters (lactones) is 2. The molecule has 0 fully saturated rings. The molecule has 1 aliphatic rings. The highest BCUT2D eigenvalue weighted by molar-refractivity contribution is 7.56. The highest BCUT2D eigenvalue weighted by Crippen LogP contribution is 2.30. The van der Waals surface area contributed by atoms with Gasteiger partial charge in [0, 0.05) is 12.7 Å². The number of ether oxygens (including phenoxy) is 3. The van der Waals surface area contributed by atoms with Crippen LogP contribution in [0.1, 0.15) is 67.2 Å². The Kier molecular flexibility index (Phi) is 8.66. The first-order chi connectivity index (χ1) is 16.9. The van der Waals surface area contributed by atoms with E-state index in [0.29, 0.717) is 31.5 Å². The predicted molar refractivity (Wildman–Crippen MR) is 135 cm³/mol. The molecule has 0 saturated heterocycles. The second kappa shape index (κ2) is 11.2. The van der Waals surface area contributed by atoms with Gasteiger partial charge in [0.05, 0.1) is 29.1 Å². The quantitative estimate of drug-likeness (QED) is 0.446. The SMILES string of the molecule is CC(C)OCCn1c(=S=O)n2c(=O)c3c1ccn3COC(=O)C(C)(C)CCCCC(C)(C)C(=O)OC2. The van der Waals surface area contributed by atoms with E-state index in [0.717, 1.165) is 17.4 Å². The summed E-state index contributed by atoms with van der Waals surface area (Å²) >= 11 is 0.154. The van der Waals surface area contributed by atoms with Crippen molar-refractivity contribution >= 4 is 34.2 Å². The Morgan fingerprint density at radius 2 is 1.58 bits per heavy atom. The number of rotatable bonds is 4. The minimum Gasteiger partial charge on any atom is -0.443 e. The Labute approximate surface area is 214 Å². The summed E-state index contributed by atoms with van der Waals surface area (Å²) in [6.45, 7) is 11.1. The van der Waals surface area contributed by atoms with E-state index in [2.05, 4.69) is 0 Å². The number of carbonyl (C=O) groups excluding carboxylic acids is 2. The van der Waals surface area contributed by atoms with Crippen LogP contribution in [0.5, 0.6) is 0 Å². The van der Waals surface area contributed by atoms with E-state index < -0.39 is 29.1 Å². The van der Waals surface area contributed by atoms with Crippen molar-refractivity contribution < 1.29 is 28.0 Å². The van der Waals surface area contributed by atoms with Crippen LogP contribution in [0.2, 0.25) is 0 Å². The topological polar surface area (TPSA) is 111 Å². The van der Waals surface area contributed by atoms with E-state index in [-0.39, 0.29) is 40.3 Å². The number of esters is 2. The van der Waals surface area contributed by atoms with Gasteiger partial charge < -0.3 is 23.3 Å². The summed E-state index contributed by atoms with van der Waals surface area (Å²) in [5.41, 5.74) is -1.27. The molecule has 2 bridgehead atoms. The lowest BCUT2D eigenvalue weighted by Crippen LogP contribution is -2.34. The van der Waals surface area contributed by atoms with Crippen molar-refractivity contribution in [1.82, 2.24) is 13.7 Å². The molecule has 0 spiro atoms. The lowest BCUT2D eigenvalue weighted by molar-refractivity contribution is -0.160. The molecule has 0 radical (unpaired) electrons. The largest absolute Gasteiger partial charge is 0.443 e. The Morgan fingerprint density at radius 1 is 1.00 bits per heavy atom. The molecule has 0 aromatic carbocycles. The summed E-state index contributed by atoms with van der Waals surface area (Å²) in [5, 5.41) is 0. The summed E-state index contributed by atoms with van der Waals surface area (Å²) in [4.78, 5) is 39.4. The minimum atomic E-state index is -0.790. The van der Waals surface area contributed by atoms with Crippen LogP contribution in [-0.2, 0) is 55.1 Å². The van der Waals surface area contributed by atoms with Crippen molar-refractivity contribution in [2.24, 2.45) is 10.8 Å². The predicted octanol–water partition coefficient (Wildman–Crippen LogP) is 3.40. The van der Waals surface area contributed by atoms with Crippen molar-refractivity contribution in [2.45, 2.75) is 93.3 Å². The number of hydrogen-bond acceptors (Lipinski definition) is 7. The molecule has 200 valence electrons. The van der Waals surface area contributed by atoms with Crippen LogP contribution in [-0.4, -0.2) is 42.6 Å². The van der Waals surface area contributed by atoms with Gasteiger partial charge in [-0.1, -0.05) is 12.8 Å². The average molecular weight is 524 g/mol. The number of nitrogens with zero attached hydrogens (tertiary/aromatic N) is 3. The van der Waals surface area contributed by atoms with Gasteiger partial charge in [0.15, 0.2) is 13.5 Å². The zero-order valence-electron chi connectivity index (χ0n) is 22.0. The third-order valence-electron chi connectivity index (χ3n) is 6.60. The minimum absolute atomic E-state index is 0.00976. The molecule has 0 unspecified atom stereocenters. The number of carbonyl (C=O) groups is 2. The van der Waals surface area contributed by atoms with Crippen molar-refractivity contribution in [1.29, 1.82) is 0 Å². The molecule has 10 nitrogen and oxygen atoms in total. The fourth-order valence-corrected chi connectivity index (χ4v) is 4.77. The van der Waals surface area contributed by atoms with Crippen molar-refractivity contribution in [2.75, 3.05) is 6.61 Å². The van der Waals surface area contributed by atoms with Gasteiger partial charge in [-0.25, -0.2) is 8.78 Å². The summed E-state index contributed by atoms with van der Waals surface area (Å²) in [6, 6.07) is 1.71. The van der Waals surface area contributed by atoms with Crippen LogP contribution in [0.3, 0.4) is 0 Å². The maximum atomic E-state index is 13.6. The Bertz CT molecular complexity index is 1280. The highest BCUT2D eigenvalue weighted by atomic mass is 32.1.